The Labute approximate surface area is 230 Å². The number of para-hydroxylation sites is 2. The Kier molecular flexibility index (Phi) is 8.88. The molecule has 1 N–H and O–H groups in total. The number of hydrogen-bond acceptors (Lipinski definition) is 5. The number of nitrogens with one attached hydrogen (secondary N) is 1. The van der Waals surface area contributed by atoms with Crippen molar-refractivity contribution in [3.05, 3.63) is 114 Å². The number of nitrogens with zero attached hydrogens (tertiary/aromatic N) is 2. The van der Waals surface area contributed by atoms with Gasteiger partial charge in [0.15, 0.2) is 0 Å². The monoisotopic (exact) mass is 543 g/mol. The molecule has 7 nitrogen and oxygen atoms in total. The van der Waals surface area contributed by atoms with Gasteiger partial charge in [0, 0.05) is 30.0 Å². The van der Waals surface area contributed by atoms with E-state index in [0.717, 1.165) is 24.3 Å². The van der Waals surface area contributed by atoms with Crippen LogP contribution in [0.3, 0.4) is 0 Å². The first-order chi connectivity index (χ1) is 18.9. The highest BCUT2D eigenvalue weighted by Gasteiger charge is 2.28. The van der Waals surface area contributed by atoms with Crippen LogP contribution >= 0.6 is 0 Å². The molecular weight excluding hydrogens is 510 g/mol. The van der Waals surface area contributed by atoms with Crippen LogP contribution in [0.15, 0.2) is 108 Å². The Bertz CT molecular complexity index is 1500. The number of hydrogen-bond donors (Lipinski definition) is 1. The van der Waals surface area contributed by atoms with E-state index in [2.05, 4.69) is 24.1 Å². The number of carbonyl (C=O) groups excluding carboxylic acids is 1. The largest absolute Gasteiger partial charge is 0.495 e. The number of rotatable bonds is 11. The average molecular weight is 544 g/mol. The molecule has 0 bridgehead atoms. The quantitative estimate of drug-likeness (QED) is 0.244. The van der Waals surface area contributed by atoms with Gasteiger partial charge in [-0.15, -0.1) is 0 Å². The molecule has 4 aromatic rings. The summed E-state index contributed by atoms with van der Waals surface area (Å²) < 4.78 is 34.9. The molecular formula is C31H33N3O4S. The van der Waals surface area contributed by atoms with Crippen LogP contribution in [0.1, 0.15) is 29.8 Å². The summed E-state index contributed by atoms with van der Waals surface area (Å²) in [6, 6.07) is 30.0. The molecule has 0 saturated heterocycles. The average Bonchev–Trinajstić information content (AvgIpc) is 2.98. The molecule has 1 amide bonds. The minimum Gasteiger partial charge on any atom is -0.495 e. The van der Waals surface area contributed by atoms with Crippen LogP contribution < -0.4 is 19.3 Å². The first kappa shape index (κ1) is 27.7. The third kappa shape index (κ3) is 6.41. The van der Waals surface area contributed by atoms with E-state index in [1.54, 1.807) is 36.4 Å². The number of anilines is 3. The molecule has 0 aromatic heterocycles. The molecule has 0 radical (unpaired) electrons. The Hall–Kier alpha value is -4.30. The summed E-state index contributed by atoms with van der Waals surface area (Å²) in [7, 11) is -2.56. The molecule has 0 heterocycles. The Balaban J connectivity index is 1.64. The Morgan fingerprint density at radius 3 is 2.15 bits per heavy atom. The van der Waals surface area contributed by atoms with Gasteiger partial charge in [-0.3, -0.25) is 9.10 Å². The molecule has 4 rings (SSSR count). The van der Waals surface area contributed by atoms with E-state index in [1.807, 2.05) is 54.6 Å². The maximum atomic E-state index is 14.0. The number of amides is 1. The van der Waals surface area contributed by atoms with Crippen LogP contribution in [-0.4, -0.2) is 34.5 Å². The molecule has 202 valence electrons. The van der Waals surface area contributed by atoms with Gasteiger partial charge in [-0.2, -0.15) is 0 Å². The van der Waals surface area contributed by atoms with Crippen molar-refractivity contribution in [1.82, 2.24) is 0 Å². The highest BCUT2D eigenvalue weighted by Crippen LogP contribution is 2.34. The van der Waals surface area contributed by atoms with Crippen LogP contribution in [-0.2, 0) is 16.6 Å². The fourth-order valence-electron chi connectivity index (χ4n) is 4.36. The second kappa shape index (κ2) is 12.5. The number of methoxy groups -OCH3 is 1. The number of sulfonamides is 1. The van der Waals surface area contributed by atoms with E-state index in [-0.39, 0.29) is 17.0 Å². The molecule has 0 saturated carbocycles. The summed E-state index contributed by atoms with van der Waals surface area (Å²) in [6.07, 6.45) is 0. The smallest absolute Gasteiger partial charge is 0.264 e. The molecule has 4 aromatic carbocycles. The lowest BCUT2D eigenvalue weighted by Crippen LogP contribution is -2.31. The van der Waals surface area contributed by atoms with Crippen molar-refractivity contribution in [2.45, 2.75) is 25.3 Å². The van der Waals surface area contributed by atoms with Gasteiger partial charge in [0.1, 0.15) is 5.75 Å². The predicted octanol–water partition coefficient (Wildman–Crippen LogP) is 6.19. The first-order valence-electron chi connectivity index (χ1n) is 12.8. The van der Waals surface area contributed by atoms with E-state index in [4.69, 9.17) is 4.74 Å². The topological polar surface area (TPSA) is 79.0 Å². The van der Waals surface area contributed by atoms with Crippen LogP contribution in [0, 0.1) is 0 Å². The van der Waals surface area contributed by atoms with E-state index < -0.39 is 15.9 Å². The lowest BCUT2D eigenvalue weighted by Gasteiger charge is -2.26. The number of benzene rings is 4. The molecule has 0 aliphatic carbocycles. The summed E-state index contributed by atoms with van der Waals surface area (Å²) in [5.41, 5.74) is 3.16. The molecule has 0 aliphatic rings. The SMILES string of the molecule is CCN(CC)c1ccc(NC(=O)c2cccc(S(=O)(=O)N(Cc3ccccc3)c3ccccc3OC)c2)cc1. The zero-order chi connectivity index (χ0) is 27.8. The van der Waals surface area contributed by atoms with Gasteiger partial charge < -0.3 is 15.0 Å². The fraction of sp³-hybridized carbons (Fsp3) is 0.194. The Morgan fingerprint density at radius 1 is 0.821 bits per heavy atom. The second-order valence-corrected chi connectivity index (χ2v) is 10.7. The molecule has 8 heteroatoms. The molecule has 0 aliphatic heterocycles. The van der Waals surface area contributed by atoms with E-state index in [1.165, 1.54) is 23.5 Å². The van der Waals surface area contributed by atoms with E-state index in [0.29, 0.717) is 17.1 Å². The maximum absolute atomic E-state index is 14.0. The lowest BCUT2D eigenvalue weighted by atomic mass is 10.2. The van der Waals surface area contributed by atoms with Crippen LogP contribution in [0.25, 0.3) is 0 Å². The van der Waals surface area contributed by atoms with E-state index >= 15 is 0 Å². The van der Waals surface area contributed by atoms with Gasteiger partial charge >= 0.3 is 0 Å². The van der Waals surface area contributed by atoms with Crippen molar-refractivity contribution in [3.63, 3.8) is 0 Å². The van der Waals surface area contributed by atoms with Gasteiger partial charge in [-0.25, -0.2) is 8.42 Å². The van der Waals surface area contributed by atoms with E-state index in [9.17, 15) is 13.2 Å². The van der Waals surface area contributed by atoms with Crippen LogP contribution in [0.4, 0.5) is 17.1 Å². The predicted molar refractivity (Wildman–Crippen MR) is 157 cm³/mol. The van der Waals surface area contributed by atoms with Crippen molar-refractivity contribution >= 4 is 33.0 Å². The van der Waals surface area contributed by atoms with Gasteiger partial charge in [-0.1, -0.05) is 48.5 Å². The van der Waals surface area contributed by atoms with Gasteiger partial charge in [0.25, 0.3) is 15.9 Å². The highest BCUT2D eigenvalue weighted by atomic mass is 32.2. The second-order valence-electron chi connectivity index (χ2n) is 8.87. The molecule has 39 heavy (non-hydrogen) atoms. The van der Waals surface area contributed by atoms with Gasteiger partial charge in [-0.05, 0) is 74.0 Å². The number of carbonyl (C=O) groups is 1. The van der Waals surface area contributed by atoms with Crippen molar-refractivity contribution in [1.29, 1.82) is 0 Å². The lowest BCUT2D eigenvalue weighted by molar-refractivity contribution is 0.102. The third-order valence-electron chi connectivity index (χ3n) is 6.46. The molecule has 0 fully saturated rings. The summed E-state index contributed by atoms with van der Waals surface area (Å²) in [5.74, 6) is 0.0357. The van der Waals surface area contributed by atoms with Crippen LogP contribution in [0.5, 0.6) is 5.75 Å². The normalized spacial score (nSPS) is 11.1. The van der Waals surface area contributed by atoms with Crippen molar-refractivity contribution in [3.8, 4) is 5.75 Å². The minimum absolute atomic E-state index is 0.00821. The van der Waals surface area contributed by atoms with Gasteiger partial charge in [0.2, 0.25) is 0 Å². The van der Waals surface area contributed by atoms with Gasteiger partial charge in [0.05, 0.1) is 24.2 Å². The standard InChI is InChI=1S/C31H33N3O4S/c1-4-33(5-2)27-20-18-26(19-21-27)32-31(35)25-14-11-15-28(22-25)39(36,37)34(23-24-12-7-6-8-13-24)29-16-9-10-17-30(29)38-3/h6-22H,4-5,23H2,1-3H3,(H,32,35). The molecule has 0 spiro atoms. The zero-order valence-corrected chi connectivity index (χ0v) is 23.2. The van der Waals surface area contributed by atoms with Crippen LogP contribution in [0.2, 0.25) is 0 Å². The summed E-state index contributed by atoms with van der Waals surface area (Å²) in [6.45, 7) is 6.06. The van der Waals surface area contributed by atoms with Crippen molar-refractivity contribution in [2.75, 3.05) is 34.7 Å². The Morgan fingerprint density at radius 2 is 1.49 bits per heavy atom. The summed E-state index contributed by atoms with van der Waals surface area (Å²) in [5, 5.41) is 2.87. The number of ether oxygens (including phenoxy) is 1. The minimum atomic E-state index is -4.07. The highest BCUT2D eigenvalue weighted by molar-refractivity contribution is 7.92. The first-order valence-corrected chi connectivity index (χ1v) is 14.3. The van der Waals surface area contributed by atoms with Crippen molar-refractivity contribution in [2.24, 2.45) is 0 Å². The summed E-state index contributed by atoms with van der Waals surface area (Å²) >= 11 is 0. The maximum Gasteiger partial charge on any atom is 0.264 e. The zero-order valence-electron chi connectivity index (χ0n) is 22.4. The third-order valence-corrected chi connectivity index (χ3v) is 8.22. The fourth-order valence-corrected chi connectivity index (χ4v) is 5.87. The summed E-state index contributed by atoms with van der Waals surface area (Å²) in [4.78, 5) is 15.3. The molecule has 0 atom stereocenters. The van der Waals surface area contributed by atoms with Crippen molar-refractivity contribution < 1.29 is 17.9 Å². The molecule has 0 unspecified atom stereocenters.